The molecule has 0 spiro atoms. The Morgan fingerprint density at radius 3 is 2.42 bits per heavy atom. The fourth-order valence-corrected chi connectivity index (χ4v) is 2.70. The van der Waals surface area contributed by atoms with Gasteiger partial charge in [-0.25, -0.2) is 4.79 Å². The van der Waals surface area contributed by atoms with Crippen molar-refractivity contribution in [2.75, 3.05) is 26.2 Å². The Morgan fingerprint density at radius 1 is 1.00 bits per heavy atom. The molecule has 1 fully saturated rings. The molecule has 5 nitrogen and oxygen atoms in total. The fraction of sp³-hybridized carbons (Fsp3) is 0.316. The van der Waals surface area contributed by atoms with E-state index >= 15 is 0 Å². The van der Waals surface area contributed by atoms with Crippen LogP contribution in [0, 0.1) is 0 Å². The summed E-state index contributed by atoms with van der Waals surface area (Å²) >= 11 is 0. The van der Waals surface area contributed by atoms with Gasteiger partial charge < -0.3 is 15.4 Å². The van der Waals surface area contributed by atoms with Crippen LogP contribution in [0.15, 0.2) is 54.6 Å². The second-order valence-corrected chi connectivity index (χ2v) is 5.90. The summed E-state index contributed by atoms with van der Waals surface area (Å²) in [6, 6.07) is 17.5. The molecule has 2 aromatic rings. The van der Waals surface area contributed by atoms with Crippen LogP contribution in [0.25, 0.3) is 0 Å². The van der Waals surface area contributed by atoms with Gasteiger partial charge in [-0.05, 0) is 23.3 Å². The Hall–Kier alpha value is -2.37. The molecule has 0 aromatic heterocycles. The SMILES string of the molecule is O=C(NCc1ccccc1)Oc1ccc(CN2CCNCC2)cc1. The van der Waals surface area contributed by atoms with Crippen molar-refractivity contribution in [2.24, 2.45) is 0 Å². The number of hydrogen-bond acceptors (Lipinski definition) is 4. The maximum absolute atomic E-state index is 11.8. The average Bonchev–Trinajstić information content (AvgIpc) is 2.63. The molecule has 1 aliphatic rings. The molecular weight excluding hydrogens is 302 g/mol. The number of nitrogens with zero attached hydrogens (tertiary/aromatic N) is 1. The van der Waals surface area contributed by atoms with E-state index in [1.165, 1.54) is 5.56 Å². The monoisotopic (exact) mass is 325 g/mol. The van der Waals surface area contributed by atoms with Crippen molar-refractivity contribution >= 4 is 6.09 Å². The van der Waals surface area contributed by atoms with E-state index in [4.69, 9.17) is 4.74 Å². The van der Waals surface area contributed by atoms with Crippen LogP contribution in [0.5, 0.6) is 5.75 Å². The first-order valence-electron chi connectivity index (χ1n) is 8.31. The van der Waals surface area contributed by atoms with Gasteiger partial charge in [-0.1, -0.05) is 42.5 Å². The van der Waals surface area contributed by atoms with Gasteiger partial charge in [0.2, 0.25) is 0 Å². The summed E-state index contributed by atoms with van der Waals surface area (Å²) in [6.45, 7) is 5.62. The second kappa shape index (κ2) is 8.47. The van der Waals surface area contributed by atoms with E-state index in [0.29, 0.717) is 12.3 Å². The van der Waals surface area contributed by atoms with Gasteiger partial charge in [0.05, 0.1) is 0 Å². The largest absolute Gasteiger partial charge is 0.412 e. The van der Waals surface area contributed by atoms with Gasteiger partial charge in [-0.2, -0.15) is 0 Å². The van der Waals surface area contributed by atoms with E-state index in [1.807, 2.05) is 54.6 Å². The molecule has 2 aromatic carbocycles. The summed E-state index contributed by atoms with van der Waals surface area (Å²) in [5, 5.41) is 6.10. The molecule has 3 rings (SSSR count). The minimum atomic E-state index is -0.436. The zero-order valence-corrected chi connectivity index (χ0v) is 13.7. The van der Waals surface area contributed by atoms with Crippen molar-refractivity contribution in [1.29, 1.82) is 0 Å². The van der Waals surface area contributed by atoms with Crippen LogP contribution in [0.1, 0.15) is 11.1 Å². The molecular formula is C19H23N3O2. The Labute approximate surface area is 142 Å². The van der Waals surface area contributed by atoms with Crippen molar-refractivity contribution in [3.05, 3.63) is 65.7 Å². The number of ether oxygens (including phenoxy) is 1. The van der Waals surface area contributed by atoms with Crippen LogP contribution in [-0.4, -0.2) is 37.2 Å². The highest BCUT2D eigenvalue weighted by Crippen LogP contribution is 2.14. The third-order valence-electron chi connectivity index (χ3n) is 4.03. The highest BCUT2D eigenvalue weighted by molar-refractivity contribution is 5.70. The van der Waals surface area contributed by atoms with Crippen LogP contribution in [0.3, 0.4) is 0 Å². The summed E-state index contributed by atoms with van der Waals surface area (Å²) in [5.41, 5.74) is 2.27. The second-order valence-electron chi connectivity index (χ2n) is 5.90. The molecule has 1 aliphatic heterocycles. The summed E-state index contributed by atoms with van der Waals surface area (Å²) in [6.07, 6.45) is -0.436. The average molecular weight is 325 g/mol. The van der Waals surface area contributed by atoms with Gasteiger partial charge in [0.15, 0.2) is 0 Å². The normalized spacial score (nSPS) is 15.0. The minimum Gasteiger partial charge on any atom is -0.410 e. The lowest BCUT2D eigenvalue weighted by molar-refractivity contribution is 0.200. The Morgan fingerprint density at radius 2 is 1.71 bits per heavy atom. The van der Waals surface area contributed by atoms with E-state index in [-0.39, 0.29) is 0 Å². The number of hydrogen-bond donors (Lipinski definition) is 2. The number of carbonyl (C=O) groups is 1. The lowest BCUT2D eigenvalue weighted by atomic mass is 10.2. The molecule has 1 heterocycles. The molecule has 0 unspecified atom stereocenters. The van der Waals surface area contributed by atoms with Gasteiger partial charge in [0.25, 0.3) is 0 Å². The van der Waals surface area contributed by atoms with E-state index < -0.39 is 6.09 Å². The lowest BCUT2D eigenvalue weighted by Crippen LogP contribution is -2.42. The van der Waals surface area contributed by atoms with E-state index in [0.717, 1.165) is 38.3 Å². The number of rotatable bonds is 5. The highest BCUT2D eigenvalue weighted by atomic mass is 16.6. The minimum absolute atomic E-state index is 0.436. The van der Waals surface area contributed by atoms with E-state index in [9.17, 15) is 4.79 Å². The fourth-order valence-electron chi connectivity index (χ4n) is 2.70. The van der Waals surface area contributed by atoms with Crippen LogP contribution >= 0.6 is 0 Å². The molecule has 2 N–H and O–H groups in total. The van der Waals surface area contributed by atoms with E-state index in [2.05, 4.69) is 15.5 Å². The van der Waals surface area contributed by atoms with Crippen LogP contribution in [-0.2, 0) is 13.1 Å². The van der Waals surface area contributed by atoms with Gasteiger partial charge in [0.1, 0.15) is 5.75 Å². The number of nitrogens with one attached hydrogen (secondary N) is 2. The van der Waals surface area contributed by atoms with Crippen molar-refractivity contribution < 1.29 is 9.53 Å². The van der Waals surface area contributed by atoms with Crippen LogP contribution < -0.4 is 15.4 Å². The number of benzene rings is 2. The lowest BCUT2D eigenvalue weighted by Gasteiger charge is -2.27. The van der Waals surface area contributed by atoms with Crippen LogP contribution in [0.4, 0.5) is 4.79 Å². The van der Waals surface area contributed by atoms with Gasteiger partial charge >= 0.3 is 6.09 Å². The molecule has 1 amide bonds. The Bertz CT molecular complexity index is 637. The predicted molar refractivity (Wildman–Crippen MR) is 93.9 cm³/mol. The molecule has 0 bridgehead atoms. The summed E-state index contributed by atoms with van der Waals surface area (Å²) < 4.78 is 5.31. The zero-order valence-electron chi connectivity index (χ0n) is 13.7. The summed E-state index contributed by atoms with van der Waals surface area (Å²) in [5.74, 6) is 0.560. The van der Waals surface area contributed by atoms with Crippen LogP contribution in [0.2, 0.25) is 0 Å². The Kier molecular flexibility index (Phi) is 5.82. The molecule has 0 aliphatic carbocycles. The molecule has 0 atom stereocenters. The molecule has 24 heavy (non-hydrogen) atoms. The van der Waals surface area contributed by atoms with Crippen molar-refractivity contribution in [2.45, 2.75) is 13.1 Å². The zero-order chi connectivity index (χ0) is 16.6. The third-order valence-corrected chi connectivity index (χ3v) is 4.03. The number of carbonyl (C=O) groups excluding carboxylic acids is 1. The molecule has 1 saturated heterocycles. The predicted octanol–water partition coefficient (Wildman–Crippen LogP) is 2.38. The first-order valence-corrected chi connectivity index (χ1v) is 8.31. The third kappa shape index (κ3) is 5.08. The quantitative estimate of drug-likeness (QED) is 0.886. The number of piperazine rings is 1. The first kappa shape index (κ1) is 16.5. The smallest absolute Gasteiger partial charge is 0.410 e. The Balaban J connectivity index is 1.45. The van der Waals surface area contributed by atoms with Gasteiger partial charge in [-0.15, -0.1) is 0 Å². The van der Waals surface area contributed by atoms with Crippen molar-refractivity contribution in [3.63, 3.8) is 0 Å². The van der Waals surface area contributed by atoms with Gasteiger partial charge in [-0.3, -0.25) is 4.90 Å². The molecule has 0 radical (unpaired) electrons. The maximum Gasteiger partial charge on any atom is 0.412 e. The summed E-state index contributed by atoms with van der Waals surface area (Å²) in [4.78, 5) is 14.3. The van der Waals surface area contributed by atoms with E-state index in [1.54, 1.807) is 0 Å². The molecule has 5 heteroatoms. The standard InChI is InChI=1S/C19H23N3O2/c23-19(21-14-16-4-2-1-3-5-16)24-18-8-6-17(7-9-18)15-22-12-10-20-11-13-22/h1-9,20H,10-15H2,(H,21,23). The van der Waals surface area contributed by atoms with Gasteiger partial charge in [0, 0.05) is 39.3 Å². The molecule has 126 valence electrons. The number of amides is 1. The van der Waals surface area contributed by atoms with Crippen molar-refractivity contribution in [3.8, 4) is 5.75 Å². The first-order chi connectivity index (χ1) is 11.8. The van der Waals surface area contributed by atoms with Crippen molar-refractivity contribution in [1.82, 2.24) is 15.5 Å². The topological polar surface area (TPSA) is 53.6 Å². The maximum atomic E-state index is 11.8. The summed E-state index contributed by atoms with van der Waals surface area (Å²) in [7, 11) is 0. The molecule has 0 saturated carbocycles. The highest BCUT2D eigenvalue weighted by Gasteiger charge is 2.10.